The molecule has 7 aromatic rings. The molecule has 12 heteroatoms. The summed E-state index contributed by atoms with van der Waals surface area (Å²) in [6, 6.07) is 11.3. The molecule has 0 unspecified atom stereocenters. The maximum Gasteiger partial charge on any atom is 0.253 e. The van der Waals surface area contributed by atoms with Crippen LogP contribution in [0.4, 0.5) is 35.1 Å². The standard InChI is InChI=1S/C44H32F8N2S2/c1-3-5-7-9-11-25-17-23-19-31-27(13-15-29-37(45)41(49)53-42(50)38(29)46)34-22-36-24(18-26(56-36)12-10-8-6-4-2)20-32(34)28(33(31)21-35(23)55-25)14-16-30-39(47)43(51)54-44(52)40(30)48/h17-22H,3-12H2,1-2H3. The van der Waals surface area contributed by atoms with E-state index in [1.165, 1.54) is 0 Å². The van der Waals surface area contributed by atoms with Crippen molar-refractivity contribution in [3.63, 3.8) is 0 Å². The van der Waals surface area contributed by atoms with Crippen LogP contribution in [-0.2, 0) is 12.8 Å². The lowest BCUT2D eigenvalue weighted by molar-refractivity contribution is 0.404. The van der Waals surface area contributed by atoms with Crippen molar-refractivity contribution in [2.75, 3.05) is 0 Å². The summed E-state index contributed by atoms with van der Waals surface area (Å²) in [5, 5.41) is 3.29. The Morgan fingerprint density at radius 1 is 0.429 bits per heavy atom. The largest absolute Gasteiger partial charge is 0.253 e. The number of aromatic nitrogens is 2. The van der Waals surface area contributed by atoms with Crippen molar-refractivity contribution in [1.29, 1.82) is 0 Å². The second kappa shape index (κ2) is 16.6. The summed E-state index contributed by atoms with van der Waals surface area (Å²) in [4.78, 5) is 7.47. The minimum atomic E-state index is -1.85. The molecule has 7 rings (SSSR count). The average molecular weight is 805 g/mol. The third kappa shape index (κ3) is 7.70. The van der Waals surface area contributed by atoms with Gasteiger partial charge in [0, 0.05) is 41.1 Å². The van der Waals surface area contributed by atoms with E-state index in [2.05, 4.69) is 47.5 Å². The molecular weight excluding hydrogens is 773 g/mol. The average Bonchev–Trinajstić information content (AvgIpc) is 3.78. The van der Waals surface area contributed by atoms with E-state index >= 15 is 0 Å². The molecule has 0 bridgehead atoms. The van der Waals surface area contributed by atoms with Crippen molar-refractivity contribution >= 4 is 64.4 Å². The molecule has 3 aromatic carbocycles. The minimum absolute atomic E-state index is 0.243. The zero-order valence-electron chi connectivity index (χ0n) is 30.3. The molecule has 0 aliphatic heterocycles. The van der Waals surface area contributed by atoms with Gasteiger partial charge in [0.25, 0.3) is 23.8 Å². The summed E-state index contributed by atoms with van der Waals surface area (Å²) in [7, 11) is 0. The number of benzene rings is 3. The van der Waals surface area contributed by atoms with E-state index in [-0.39, 0.29) is 11.1 Å². The van der Waals surface area contributed by atoms with Gasteiger partial charge in [-0.2, -0.15) is 27.5 Å². The molecule has 0 radical (unpaired) electrons. The fourth-order valence-corrected chi connectivity index (χ4v) is 9.07. The number of thiophene rings is 2. The molecule has 4 heterocycles. The van der Waals surface area contributed by atoms with Crippen molar-refractivity contribution in [2.45, 2.75) is 78.1 Å². The van der Waals surface area contributed by atoms with Gasteiger partial charge in [-0.1, -0.05) is 76.1 Å². The number of fused-ring (bicyclic) bond motifs is 4. The molecule has 0 aliphatic carbocycles. The number of unbranched alkanes of at least 4 members (excludes halogenated alkanes) is 6. The van der Waals surface area contributed by atoms with Gasteiger partial charge in [0.2, 0.25) is 0 Å². The van der Waals surface area contributed by atoms with Crippen molar-refractivity contribution in [2.24, 2.45) is 0 Å². The van der Waals surface area contributed by atoms with Crippen LogP contribution in [0.25, 0.3) is 41.7 Å². The summed E-state index contributed by atoms with van der Waals surface area (Å²) in [5.41, 5.74) is -1.81. The Balaban J connectivity index is 1.55. The Bertz CT molecular complexity index is 2460. The van der Waals surface area contributed by atoms with Gasteiger partial charge in [-0.25, -0.2) is 17.6 Å². The summed E-state index contributed by atoms with van der Waals surface area (Å²) >= 11 is 3.10. The molecule has 0 N–H and O–H groups in total. The summed E-state index contributed by atoms with van der Waals surface area (Å²) in [5.74, 6) is -4.20. The first-order chi connectivity index (χ1) is 27.0. The Hall–Kier alpha value is -5.04. The smallest absolute Gasteiger partial charge is 0.200 e. The second-order valence-electron chi connectivity index (χ2n) is 13.6. The van der Waals surface area contributed by atoms with Crippen LogP contribution in [0.15, 0.2) is 36.4 Å². The lowest BCUT2D eigenvalue weighted by atomic mass is 9.90. The van der Waals surface area contributed by atoms with E-state index in [9.17, 15) is 35.1 Å². The molecule has 286 valence electrons. The fraction of sp³-hybridized carbons (Fsp3) is 0.273. The first-order valence-corrected chi connectivity index (χ1v) is 19.9. The Morgan fingerprint density at radius 3 is 1.12 bits per heavy atom. The predicted octanol–water partition coefficient (Wildman–Crippen LogP) is 13.4. The van der Waals surface area contributed by atoms with E-state index in [0.717, 1.165) is 94.1 Å². The third-order valence-electron chi connectivity index (χ3n) is 9.67. The molecule has 4 aromatic heterocycles. The molecule has 0 spiro atoms. The highest BCUT2D eigenvalue weighted by molar-refractivity contribution is 7.19. The van der Waals surface area contributed by atoms with Gasteiger partial charge in [-0.3, -0.25) is 0 Å². The van der Waals surface area contributed by atoms with Crippen molar-refractivity contribution in [3.05, 3.63) is 115 Å². The lowest BCUT2D eigenvalue weighted by Gasteiger charge is -2.12. The molecule has 0 amide bonds. The van der Waals surface area contributed by atoms with Gasteiger partial charge in [-0.15, -0.1) is 22.7 Å². The maximum atomic E-state index is 14.9. The predicted molar refractivity (Wildman–Crippen MR) is 208 cm³/mol. The number of rotatable bonds is 10. The number of hydrogen-bond acceptors (Lipinski definition) is 4. The van der Waals surface area contributed by atoms with Crippen LogP contribution in [-0.4, -0.2) is 9.97 Å². The highest BCUT2D eigenvalue weighted by Gasteiger charge is 2.22. The normalized spacial score (nSPS) is 11.5. The van der Waals surface area contributed by atoms with Crippen LogP contribution in [0.3, 0.4) is 0 Å². The third-order valence-corrected chi connectivity index (χ3v) is 12.0. The molecule has 0 saturated carbocycles. The molecule has 0 saturated heterocycles. The number of halogens is 8. The van der Waals surface area contributed by atoms with Crippen LogP contribution in [0, 0.1) is 70.7 Å². The van der Waals surface area contributed by atoms with Gasteiger partial charge >= 0.3 is 0 Å². The zero-order chi connectivity index (χ0) is 39.7. The SMILES string of the molecule is CCCCCCc1cc2cc3c(C#Cc4c(F)c(F)nc(F)c4F)c4cc5sc(CCCCCC)cc5cc4c(C#Cc4c(F)c(F)nc(F)c4F)c3cc2s1. The van der Waals surface area contributed by atoms with Gasteiger partial charge in [-0.05, 0) is 83.6 Å². The zero-order valence-corrected chi connectivity index (χ0v) is 31.9. The molecule has 56 heavy (non-hydrogen) atoms. The highest BCUT2D eigenvalue weighted by Crippen LogP contribution is 2.41. The van der Waals surface area contributed by atoms with Crippen LogP contribution in [0.1, 0.15) is 97.2 Å². The fourth-order valence-electron chi connectivity index (χ4n) is 6.81. The number of pyridine rings is 2. The second-order valence-corrected chi connectivity index (χ2v) is 15.9. The quantitative estimate of drug-likeness (QED) is 0.0452. The van der Waals surface area contributed by atoms with Crippen molar-refractivity contribution in [3.8, 4) is 23.7 Å². The summed E-state index contributed by atoms with van der Waals surface area (Å²) in [6.07, 6.45) is 10.1. The van der Waals surface area contributed by atoms with Gasteiger partial charge in [0.1, 0.15) is 11.1 Å². The lowest BCUT2D eigenvalue weighted by Crippen LogP contribution is -2.03. The molecule has 0 fully saturated rings. The maximum absolute atomic E-state index is 14.9. The number of hydrogen-bond donors (Lipinski definition) is 0. The number of nitrogens with zero attached hydrogens (tertiary/aromatic N) is 2. The van der Waals surface area contributed by atoms with E-state index in [4.69, 9.17) is 0 Å². The molecule has 2 nitrogen and oxygen atoms in total. The van der Waals surface area contributed by atoms with Gasteiger partial charge in [0.05, 0.1) is 0 Å². The van der Waals surface area contributed by atoms with Crippen LogP contribution < -0.4 is 0 Å². The Kier molecular flexibility index (Phi) is 11.6. The van der Waals surface area contributed by atoms with Crippen LogP contribution in [0.2, 0.25) is 0 Å². The van der Waals surface area contributed by atoms with Gasteiger partial charge in [0.15, 0.2) is 23.3 Å². The Labute approximate surface area is 325 Å². The topological polar surface area (TPSA) is 25.8 Å². The summed E-state index contributed by atoms with van der Waals surface area (Å²) < 4.78 is 118. The van der Waals surface area contributed by atoms with Crippen LogP contribution >= 0.6 is 22.7 Å². The molecular formula is C44H32F8N2S2. The van der Waals surface area contributed by atoms with E-state index in [1.807, 2.05) is 36.4 Å². The molecule has 0 aliphatic rings. The first kappa shape index (κ1) is 39.2. The van der Waals surface area contributed by atoms with Gasteiger partial charge < -0.3 is 0 Å². The van der Waals surface area contributed by atoms with E-state index in [1.54, 1.807) is 22.7 Å². The first-order valence-electron chi connectivity index (χ1n) is 18.3. The highest BCUT2D eigenvalue weighted by atomic mass is 32.1. The van der Waals surface area contributed by atoms with Crippen molar-refractivity contribution in [1.82, 2.24) is 9.97 Å². The van der Waals surface area contributed by atoms with Crippen molar-refractivity contribution < 1.29 is 35.1 Å². The summed E-state index contributed by atoms with van der Waals surface area (Å²) in [6.45, 7) is 4.25. The van der Waals surface area contributed by atoms with E-state index in [0.29, 0.717) is 21.5 Å². The van der Waals surface area contributed by atoms with Crippen LogP contribution in [0.5, 0.6) is 0 Å². The minimum Gasteiger partial charge on any atom is -0.200 e. The Morgan fingerprint density at radius 2 is 0.768 bits per heavy atom. The number of aryl methyl sites for hydroxylation is 2. The molecule has 0 atom stereocenters. The monoisotopic (exact) mass is 804 g/mol. The van der Waals surface area contributed by atoms with E-state index < -0.39 is 58.2 Å².